The number of halogens is 3. The highest BCUT2D eigenvalue weighted by molar-refractivity contribution is 6.00. The zero-order valence-corrected chi connectivity index (χ0v) is 12.8. The summed E-state index contributed by atoms with van der Waals surface area (Å²) < 4.78 is 48.1. The molecule has 0 saturated carbocycles. The van der Waals surface area contributed by atoms with Gasteiger partial charge in [-0.05, 0) is 24.3 Å². The Hall–Kier alpha value is -2.97. The van der Waals surface area contributed by atoms with Crippen molar-refractivity contribution >= 4 is 11.7 Å². The van der Waals surface area contributed by atoms with Crippen LogP contribution in [0.15, 0.2) is 36.5 Å². The molecule has 1 amide bonds. The van der Waals surface area contributed by atoms with Gasteiger partial charge in [0, 0.05) is 6.20 Å². The third kappa shape index (κ3) is 3.86. The second-order valence-electron chi connectivity index (χ2n) is 4.54. The summed E-state index contributed by atoms with van der Waals surface area (Å²) in [4.78, 5) is 16.0. The first-order chi connectivity index (χ1) is 11.4. The molecule has 0 aliphatic carbocycles. The molecule has 2 N–H and O–H groups in total. The number of carbonyl (C=O) groups excluding carboxylic acids is 1. The first kappa shape index (κ1) is 17.4. The van der Waals surface area contributed by atoms with Gasteiger partial charge in [-0.3, -0.25) is 15.6 Å². The molecule has 0 saturated heterocycles. The van der Waals surface area contributed by atoms with Gasteiger partial charge >= 0.3 is 6.18 Å². The molecule has 0 spiro atoms. The van der Waals surface area contributed by atoms with Crippen LogP contribution >= 0.6 is 0 Å². The molecule has 6 nitrogen and oxygen atoms in total. The van der Waals surface area contributed by atoms with E-state index in [0.29, 0.717) is 0 Å². The maximum atomic E-state index is 12.7. The van der Waals surface area contributed by atoms with Crippen LogP contribution in [-0.2, 0) is 6.18 Å². The minimum atomic E-state index is -4.50. The molecule has 0 bridgehead atoms. The number of nitrogens with one attached hydrogen (secondary N) is 2. The number of ether oxygens (including phenoxy) is 2. The van der Waals surface area contributed by atoms with E-state index in [1.807, 2.05) is 0 Å². The lowest BCUT2D eigenvalue weighted by molar-refractivity contribution is -0.137. The molecule has 0 aliphatic heterocycles. The van der Waals surface area contributed by atoms with E-state index in [2.05, 4.69) is 15.8 Å². The van der Waals surface area contributed by atoms with Crippen LogP contribution in [0, 0.1) is 0 Å². The number of pyridine rings is 1. The SMILES string of the molecule is COc1cccc(OC)c1C(=O)NNc1cc(C(F)(F)F)ccn1. The van der Waals surface area contributed by atoms with Crippen molar-refractivity contribution < 1.29 is 27.4 Å². The van der Waals surface area contributed by atoms with E-state index in [-0.39, 0.29) is 22.9 Å². The number of hydrogen-bond acceptors (Lipinski definition) is 5. The van der Waals surface area contributed by atoms with Crippen molar-refractivity contribution in [2.24, 2.45) is 0 Å². The van der Waals surface area contributed by atoms with E-state index in [4.69, 9.17) is 9.47 Å². The Bertz CT molecular complexity index is 713. The Morgan fingerprint density at radius 3 is 2.29 bits per heavy atom. The second-order valence-corrected chi connectivity index (χ2v) is 4.54. The van der Waals surface area contributed by atoms with Crippen molar-refractivity contribution in [3.8, 4) is 11.5 Å². The lowest BCUT2D eigenvalue weighted by Gasteiger charge is -2.14. The first-order valence-electron chi connectivity index (χ1n) is 6.67. The van der Waals surface area contributed by atoms with Crippen molar-refractivity contribution in [1.82, 2.24) is 10.4 Å². The van der Waals surface area contributed by atoms with Crippen LogP contribution in [0.1, 0.15) is 15.9 Å². The van der Waals surface area contributed by atoms with Crippen molar-refractivity contribution in [2.75, 3.05) is 19.6 Å². The number of aromatic nitrogens is 1. The summed E-state index contributed by atoms with van der Waals surface area (Å²) in [5, 5.41) is 0. The number of anilines is 1. The molecule has 0 atom stereocenters. The topological polar surface area (TPSA) is 72.5 Å². The highest BCUT2D eigenvalue weighted by Gasteiger charge is 2.30. The minimum Gasteiger partial charge on any atom is -0.496 e. The van der Waals surface area contributed by atoms with E-state index in [1.165, 1.54) is 14.2 Å². The van der Waals surface area contributed by atoms with Gasteiger partial charge in [-0.1, -0.05) is 6.07 Å². The van der Waals surface area contributed by atoms with Gasteiger partial charge in [0.15, 0.2) is 0 Å². The number of hydrazine groups is 1. The summed E-state index contributed by atoms with van der Waals surface area (Å²) in [6.45, 7) is 0. The molecule has 9 heteroatoms. The maximum Gasteiger partial charge on any atom is 0.416 e. The largest absolute Gasteiger partial charge is 0.496 e. The van der Waals surface area contributed by atoms with Crippen LogP contribution in [0.25, 0.3) is 0 Å². The molecule has 1 heterocycles. The third-order valence-electron chi connectivity index (χ3n) is 3.05. The van der Waals surface area contributed by atoms with Gasteiger partial charge in [0.25, 0.3) is 5.91 Å². The standard InChI is InChI=1S/C15H14F3N3O3/c1-23-10-4-3-5-11(24-2)13(10)14(22)21-20-12-8-9(6-7-19-12)15(16,17)18/h3-8H,1-2H3,(H,19,20)(H,21,22). The molecule has 0 radical (unpaired) electrons. The zero-order chi connectivity index (χ0) is 17.7. The number of alkyl halides is 3. The number of rotatable bonds is 5. The number of hydrogen-bond donors (Lipinski definition) is 2. The van der Waals surface area contributed by atoms with Gasteiger partial charge in [-0.25, -0.2) is 4.98 Å². The molecule has 24 heavy (non-hydrogen) atoms. The van der Waals surface area contributed by atoms with Crippen LogP contribution in [0.3, 0.4) is 0 Å². The van der Waals surface area contributed by atoms with E-state index < -0.39 is 17.6 Å². The molecular weight excluding hydrogens is 327 g/mol. The Balaban J connectivity index is 2.17. The summed E-state index contributed by atoms with van der Waals surface area (Å²) in [6.07, 6.45) is -3.52. The van der Waals surface area contributed by atoms with Gasteiger partial charge in [0.1, 0.15) is 22.9 Å². The average Bonchev–Trinajstić information content (AvgIpc) is 2.58. The summed E-state index contributed by atoms with van der Waals surface area (Å²) in [5.74, 6) is -0.299. The lowest BCUT2D eigenvalue weighted by Crippen LogP contribution is -2.30. The monoisotopic (exact) mass is 341 g/mol. The third-order valence-corrected chi connectivity index (χ3v) is 3.05. The smallest absolute Gasteiger partial charge is 0.416 e. The van der Waals surface area contributed by atoms with E-state index in [1.54, 1.807) is 18.2 Å². The van der Waals surface area contributed by atoms with E-state index in [0.717, 1.165) is 18.3 Å². The molecular formula is C15H14F3N3O3. The van der Waals surface area contributed by atoms with Crippen LogP contribution in [-0.4, -0.2) is 25.1 Å². The van der Waals surface area contributed by atoms with Crippen molar-refractivity contribution in [1.29, 1.82) is 0 Å². The number of benzene rings is 1. The fourth-order valence-electron chi connectivity index (χ4n) is 1.93. The summed E-state index contributed by atoms with van der Waals surface area (Å²) in [5.41, 5.74) is 3.81. The molecule has 0 fully saturated rings. The molecule has 2 aromatic rings. The van der Waals surface area contributed by atoms with Crippen LogP contribution < -0.4 is 20.3 Å². The molecule has 1 aromatic carbocycles. The molecule has 128 valence electrons. The van der Waals surface area contributed by atoms with E-state index >= 15 is 0 Å². The van der Waals surface area contributed by atoms with Crippen molar-refractivity contribution in [3.05, 3.63) is 47.7 Å². The number of amides is 1. The van der Waals surface area contributed by atoms with Crippen LogP contribution in [0.4, 0.5) is 19.0 Å². The second kappa shape index (κ2) is 7.07. The molecule has 0 unspecified atom stereocenters. The van der Waals surface area contributed by atoms with Crippen molar-refractivity contribution in [2.45, 2.75) is 6.18 Å². The molecule has 0 aliphatic rings. The quantitative estimate of drug-likeness (QED) is 0.818. The number of nitrogens with zero attached hydrogens (tertiary/aromatic N) is 1. The predicted octanol–water partition coefficient (Wildman–Crippen LogP) is 2.87. The highest BCUT2D eigenvalue weighted by Crippen LogP contribution is 2.30. The Morgan fingerprint density at radius 1 is 1.12 bits per heavy atom. The van der Waals surface area contributed by atoms with Crippen LogP contribution in [0.5, 0.6) is 11.5 Å². The Morgan fingerprint density at radius 2 is 1.75 bits per heavy atom. The van der Waals surface area contributed by atoms with Gasteiger partial charge in [0.2, 0.25) is 0 Å². The maximum absolute atomic E-state index is 12.7. The lowest BCUT2D eigenvalue weighted by atomic mass is 10.1. The Kier molecular flexibility index (Phi) is 5.12. The summed E-state index contributed by atoms with van der Waals surface area (Å²) in [7, 11) is 2.76. The fourth-order valence-corrected chi connectivity index (χ4v) is 1.93. The van der Waals surface area contributed by atoms with Gasteiger partial charge < -0.3 is 9.47 Å². The number of methoxy groups -OCH3 is 2. The molecule has 1 aromatic heterocycles. The summed E-state index contributed by atoms with van der Waals surface area (Å²) in [6, 6.07) is 6.35. The predicted molar refractivity (Wildman–Crippen MR) is 79.9 cm³/mol. The van der Waals surface area contributed by atoms with Gasteiger partial charge in [0.05, 0.1) is 19.8 Å². The van der Waals surface area contributed by atoms with Gasteiger partial charge in [-0.15, -0.1) is 0 Å². The van der Waals surface area contributed by atoms with Crippen molar-refractivity contribution in [3.63, 3.8) is 0 Å². The first-order valence-corrected chi connectivity index (χ1v) is 6.67. The average molecular weight is 341 g/mol. The minimum absolute atomic E-state index is 0.0991. The number of carbonyl (C=O) groups is 1. The Labute approximate surface area is 135 Å². The normalized spacial score (nSPS) is 10.9. The van der Waals surface area contributed by atoms with Gasteiger partial charge in [-0.2, -0.15) is 13.2 Å². The zero-order valence-electron chi connectivity index (χ0n) is 12.8. The fraction of sp³-hybridized carbons (Fsp3) is 0.200. The highest BCUT2D eigenvalue weighted by atomic mass is 19.4. The molecule has 2 rings (SSSR count). The van der Waals surface area contributed by atoms with Crippen LogP contribution in [0.2, 0.25) is 0 Å². The summed E-state index contributed by atoms with van der Waals surface area (Å²) >= 11 is 0. The van der Waals surface area contributed by atoms with E-state index in [9.17, 15) is 18.0 Å².